The molecule has 244 valence electrons. The Bertz CT molecular complexity index is 1200. The third-order valence-electron chi connectivity index (χ3n) is 8.88. The Morgan fingerprint density at radius 1 is 0.841 bits per heavy atom. The van der Waals surface area contributed by atoms with Gasteiger partial charge in [0.05, 0.1) is 33.4 Å². The summed E-state index contributed by atoms with van der Waals surface area (Å²) in [7, 11) is 4.61. The molecule has 1 aliphatic heterocycles. The number of unbranched alkanes of at least 4 members (excludes halogenated alkanes) is 9. The van der Waals surface area contributed by atoms with Crippen molar-refractivity contribution in [1.82, 2.24) is 10.9 Å². The molecule has 0 radical (unpaired) electrons. The highest BCUT2D eigenvalue weighted by atomic mass is 16.7. The second kappa shape index (κ2) is 16.7. The molecule has 10 nitrogen and oxygen atoms in total. The first-order valence-corrected chi connectivity index (χ1v) is 16.0. The Labute approximate surface area is 261 Å². The summed E-state index contributed by atoms with van der Waals surface area (Å²) < 4.78 is 28.1. The van der Waals surface area contributed by atoms with Gasteiger partial charge in [0.2, 0.25) is 18.4 Å². The first-order valence-electron chi connectivity index (χ1n) is 16.0. The second-order valence-electron chi connectivity index (χ2n) is 11.7. The molecular weight excluding hydrogens is 564 g/mol. The van der Waals surface area contributed by atoms with Crippen LogP contribution in [0.15, 0.2) is 24.3 Å². The second-order valence-corrected chi connectivity index (χ2v) is 11.7. The molecule has 1 aliphatic carbocycles. The van der Waals surface area contributed by atoms with Crippen LogP contribution in [0.25, 0.3) is 0 Å². The molecule has 0 saturated carbocycles. The monoisotopic (exact) mass is 614 g/mol. The predicted octanol–water partition coefficient (Wildman–Crippen LogP) is 5.39. The van der Waals surface area contributed by atoms with Gasteiger partial charge in [0, 0.05) is 25.0 Å². The smallest absolute Gasteiger partial charge is 0.238 e. The first-order chi connectivity index (χ1) is 21.5. The summed E-state index contributed by atoms with van der Waals surface area (Å²) in [4.78, 5) is 13.9. The lowest BCUT2D eigenvalue weighted by molar-refractivity contribution is -0.132. The number of nitrogens with one attached hydrogen (secondary N) is 2. The van der Waals surface area contributed by atoms with Gasteiger partial charge in [0.15, 0.2) is 23.0 Å². The predicted molar refractivity (Wildman–Crippen MR) is 168 cm³/mol. The van der Waals surface area contributed by atoms with Crippen LogP contribution in [0.4, 0.5) is 0 Å². The van der Waals surface area contributed by atoms with Crippen molar-refractivity contribution in [3.05, 3.63) is 41.0 Å². The Hall–Kier alpha value is -3.21. The minimum Gasteiger partial charge on any atom is -0.493 e. The van der Waals surface area contributed by atoms with Crippen LogP contribution >= 0.6 is 0 Å². The van der Waals surface area contributed by atoms with E-state index >= 15 is 0 Å². The van der Waals surface area contributed by atoms with Gasteiger partial charge >= 0.3 is 0 Å². The summed E-state index contributed by atoms with van der Waals surface area (Å²) in [5.41, 5.74) is 7.96. The minimum atomic E-state index is -1.10. The summed E-state index contributed by atoms with van der Waals surface area (Å²) in [6.45, 7) is 2.54. The van der Waals surface area contributed by atoms with E-state index in [-0.39, 0.29) is 12.7 Å². The number of hydrogen-bond donors (Lipinski definition) is 4. The fraction of sp³-hybridized carbons (Fsp3) is 0.618. The van der Waals surface area contributed by atoms with Crippen molar-refractivity contribution in [3.8, 4) is 28.7 Å². The normalized spacial score (nSPS) is 20.2. The fourth-order valence-corrected chi connectivity index (χ4v) is 6.53. The van der Waals surface area contributed by atoms with Gasteiger partial charge in [-0.3, -0.25) is 10.2 Å². The number of rotatable bonds is 18. The number of amides is 1. The Kier molecular flexibility index (Phi) is 12.8. The molecule has 4 atom stereocenters. The maximum absolute atomic E-state index is 13.9. The lowest BCUT2D eigenvalue weighted by Crippen LogP contribution is -2.49. The number of aliphatic hydroxyl groups excluding tert-OH is 2. The van der Waals surface area contributed by atoms with E-state index in [1.54, 1.807) is 6.07 Å². The van der Waals surface area contributed by atoms with Crippen molar-refractivity contribution < 1.29 is 38.7 Å². The molecule has 1 heterocycles. The Balaban J connectivity index is 1.52. The molecule has 4 rings (SSSR count). The quantitative estimate of drug-likeness (QED) is 0.129. The molecule has 44 heavy (non-hydrogen) atoms. The molecule has 2 aromatic rings. The van der Waals surface area contributed by atoms with E-state index in [1.165, 1.54) is 72.7 Å². The topological polar surface area (TPSA) is 128 Å². The van der Waals surface area contributed by atoms with Gasteiger partial charge in [-0.25, -0.2) is 5.43 Å². The number of hydrazine groups is 1. The zero-order valence-corrected chi connectivity index (χ0v) is 26.7. The fourth-order valence-electron chi connectivity index (χ4n) is 6.53. The summed E-state index contributed by atoms with van der Waals surface area (Å²) in [6.07, 6.45) is 11.2. The van der Waals surface area contributed by atoms with Crippen molar-refractivity contribution in [2.75, 3.05) is 41.3 Å². The van der Waals surface area contributed by atoms with Gasteiger partial charge in [-0.15, -0.1) is 0 Å². The van der Waals surface area contributed by atoms with E-state index in [0.29, 0.717) is 52.0 Å². The van der Waals surface area contributed by atoms with E-state index < -0.39 is 30.5 Å². The molecule has 2 aliphatic rings. The van der Waals surface area contributed by atoms with Crippen molar-refractivity contribution in [3.63, 3.8) is 0 Å². The average molecular weight is 615 g/mol. The highest BCUT2D eigenvalue weighted by Gasteiger charge is 2.47. The molecule has 2 aromatic carbocycles. The summed E-state index contributed by atoms with van der Waals surface area (Å²) >= 11 is 0. The van der Waals surface area contributed by atoms with Crippen LogP contribution in [0.2, 0.25) is 0 Å². The van der Waals surface area contributed by atoms with Gasteiger partial charge in [-0.2, -0.15) is 0 Å². The number of carbonyl (C=O) groups excluding carboxylic acids is 1. The number of carbonyl (C=O) groups is 1. The van der Waals surface area contributed by atoms with E-state index in [1.807, 2.05) is 18.2 Å². The lowest BCUT2D eigenvalue weighted by atomic mass is 9.65. The first kappa shape index (κ1) is 33.7. The van der Waals surface area contributed by atoms with E-state index in [4.69, 9.17) is 23.7 Å². The summed E-state index contributed by atoms with van der Waals surface area (Å²) in [5, 5.41) is 22.0. The zero-order chi connectivity index (χ0) is 31.5. The van der Waals surface area contributed by atoms with Crippen molar-refractivity contribution >= 4 is 5.91 Å². The third-order valence-corrected chi connectivity index (χ3v) is 8.88. The SMILES string of the molecule is CCCCCCCCCCCCNNC(=O)C1C(c2cc(OC)c(OC)c(OC)c2)c2cc3c(cc2C(O)C1CO)OCO3. The maximum atomic E-state index is 13.9. The average Bonchev–Trinajstić information content (AvgIpc) is 3.51. The standard InChI is InChI=1S/C34H50N2O8/c1-5-6-7-8-9-10-11-12-13-14-15-35-36-34(39)31-25(20-37)32(38)24-19-27-26(43-21-44-27)18-23(24)30(31)22-16-28(40-2)33(42-4)29(17-22)41-3/h16-19,25,30-32,35,37-38H,5-15,20-21H2,1-4H3,(H,36,39). The van der Waals surface area contributed by atoms with Crippen LogP contribution in [0.1, 0.15) is 99.8 Å². The molecule has 1 amide bonds. The number of aliphatic hydroxyl groups is 2. The molecule has 0 spiro atoms. The van der Waals surface area contributed by atoms with Crippen molar-refractivity contribution in [2.24, 2.45) is 11.8 Å². The molecule has 4 N–H and O–H groups in total. The van der Waals surface area contributed by atoms with Crippen LogP contribution < -0.4 is 34.5 Å². The molecule has 0 fully saturated rings. The van der Waals surface area contributed by atoms with E-state index in [9.17, 15) is 15.0 Å². The van der Waals surface area contributed by atoms with Gasteiger partial charge in [-0.05, 0) is 47.4 Å². The van der Waals surface area contributed by atoms with Crippen LogP contribution in [0.3, 0.4) is 0 Å². The largest absolute Gasteiger partial charge is 0.493 e. The van der Waals surface area contributed by atoms with E-state index in [0.717, 1.165) is 12.8 Å². The van der Waals surface area contributed by atoms with Gasteiger partial charge in [-0.1, -0.05) is 64.7 Å². The van der Waals surface area contributed by atoms with Crippen molar-refractivity contribution in [1.29, 1.82) is 0 Å². The number of methoxy groups -OCH3 is 3. The maximum Gasteiger partial charge on any atom is 0.238 e. The molecule has 0 bridgehead atoms. The van der Waals surface area contributed by atoms with Gasteiger partial charge in [0.1, 0.15) is 0 Å². The molecule has 0 aromatic heterocycles. The number of hydrogen-bond acceptors (Lipinski definition) is 9. The molecule has 10 heteroatoms. The number of ether oxygens (including phenoxy) is 5. The zero-order valence-electron chi connectivity index (χ0n) is 26.7. The van der Waals surface area contributed by atoms with Crippen LogP contribution in [-0.2, 0) is 4.79 Å². The summed E-state index contributed by atoms with van der Waals surface area (Å²) in [6, 6.07) is 7.18. The third kappa shape index (κ3) is 7.71. The Morgan fingerprint density at radius 2 is 1.41 bits per heavy atom. The molecule has 0 saturated heterocycles. The summed E-state index contributed by atoms with van der Waals surface area (Å²) in [5.74, 6) is -0.151. The number of benzene rings is 2. The molecule has 4 unspecified atom stereocenters. The highest BCUT2D eigenvalue weighted by molar-refractivity contribution is 5.81. The van der Waals surface area contributed by atoms with Crippen molar-refractivity contribution in [2.45, 2.75) is 83.2 Å². The lowest BCUT2D eigenvalue weighted by Gasteiger charge is -2.41. The van der Waals surface area contributed by atoms with Gasteiger partial charge in [0.25, 0.3) is 0 Å². The van der Waals surface area contributed by atoms with Crippen LogP contribution in [0.5, 0.6) is 28.7 Å². The van der Waals surface area contributed by atoms with E-state index in [2.05, 4.69) is 17.8 Å². The number of fused-ring (bicyclic) bond motifs is 2. The van der Waals surface area contributed by atoms with Crippen LogP contribution in [-0.4, -0.2) is 57.4 Å². The minimum absolute atomic E-state index is 0.0688. The van der Waals surface area contributed by atoms with Crippen LogP contribution in [0, 0.1) is 11.8 Å². The highest BCUT2D eigenvalue weighted by Crippen LogP contribution is 2.53. The van der Waals surface area contributed by atoms with Gasteiger partial charge < -0.3 is 33.9 Å². The molecular formula is C34H50N2O8. The Morgan fingerprint density at radius 3 is 1.95 bits per heavy atom.